The third kappa shape index (κ3) is 3.25. The SMILES string of the molecule is COc1cc(NC(C)C(C)(C)C)c(N)cc1F. The van der Waals surface area contributed by atoms with E-state index in [-0.39, 0.29) is 17.2 Å². The highest BCUT2D eigenvalue weighted by atomic mass is 19.1. The van der Waals surface area contributed by atoms with Crippen molar-refractivity contribution in [2.24, 2.45) is 5.41 Å². The fourth-order valence-corrected chi connectivity index (χ4v) is 1.30. The Labute approximate surface area is 102 Å². The van der Waals surface area contributed by atoms with E-state index in [4.69, 9.17) is 10.5 Å². The second-order valence-corrected chi connectivity index (χ2v) is 5.31. The predicted molar refractivity (Wildman–Crippen MR) is 69.9 cm³/mol. The fourth-order valence-electron chi connectivity index (χ4n) is 1.30. The summed E-state index contributed by atoms with van der Waals surface area (Å²) < 4.78 is 18.3. The topological polar surface area (TPSA) is 47.3 Å². The van der Waals surface area contributed by atoms with Crippen LogP contribution >= 0.6 is 0 Å². The lowest BCUT2D eigenvalue weighted by atomic mass is 9.88. The number of hydrogen-bond donors (Lipinski definition) is 2. The van der Waals surface area contributed by atoms with Crippen LogP contribution in [0.15, 0.2) is 12.1 Å². The van der Waals surface area contributed by atoms with Gasteiger partial charge in [-0.05, 0) is 12.3 Å². The highest BCUT2D eigenvalue weighted by Gasteiger charge is 2.21. The summed E-state index contributed by atoms with van der Waals surface area (Å²) in [5, 5.41) is 3.28. The maximum atomic E-state index is 13.4. The van der Waals surface area contributed by atoms with Crippen LogP contribution in [0, 0.1) is 11.2 Å². The number of hydrogen-bond acceptors (Lipinski definition) is 3. The molecule has 3 nitrogen and oxygen atoms in total. The molecule has 1 unspecified atom stereocenters. The van der Waals surface area contributed by atoms with Gasteiger partial charge in [0.25, 0.3) is 0 Å². The summed E-state index contributed by atoms with van der Waals surface area (Å²) in [7, 11) is 1.44. The number of rotatable bonds is 3. The summed E-state index contributed by atoms with van der Waals surface area (Å²) in [4.78, 5) is 0. The summed E-state index contributed by atoms with van der Waals surface area (Å²) in [6.45, 7) is 8.44. The average molecular weight is 240 g/mol. The maximum Gasteiger partial charge on any atom is 0.167 e. The van der Waals surface area contributed by atoms with E-state index in [1.165, 1.54) is 13.2 Å². The summed E-state index contributed by atoms with van der Waals surface area (Å²) >= 11 is 0. The second-order valence-electron chi connectivity index (χ2n) is 5.31. The Morgan fingerprint density at radius 3 is 2.41 bits per heavy atom. The lowest BCUT2D eigenvalue weighted by Gasteiger charge is -2.29. The van der Waals surface area contributed by atoms with Crippen LogP contribution in [0.3, 0.4) is 0 Å². The van der Waals surface area contributed by atoms with Crippen molar-refractivity contribution >= 4 is 11.4 Å². The molecule has 0 aliphatic rings. The van der Waals surface area contributed by atoms with E-state index in [1.807, 2.05) is 0 Å². The molecular weight excluding hydrogens is 219 g/mol. The molecule has 4 heteroatoms. The zero-order valence-corrected chi connectivity index (χ0v) is 11.1. The molecule has 0 amide bonds. The van der Waals surface area contributed by atoms with Crippen LogP contribution in [0.2, 0.25) is 0 Å². The molecule has 0 heterocycles. The third-order valence-electron chi connectivity index (χ3n) is 3.00. The van der Waals surface area contributed by atoms with E-state index in [1.54, 1.807) is 6.07 Å². The molecule has 0 radical (unpaired) electrons. The van der Waals surface area contributed by atoms with Crippen molar-refractivity contribution in [1.82, 2.24) is 0 Å². The summed E-state index contributed by atoms with van der Waals surface area (Å²) in [5.41, 5.74) is 6.96. The number of methoxy groups -OCH3 is 1. The normalized spacial score (nSPS) is 13.3. The van der Waals surface area contributed by atoms with Gasteiger partial charge in [0.05, 0.1) is 18.5 Å². The highest BCUT2D eigenvalue weighted by Crippen LogP contribution is 2.31. The summed E-state index contributed by atoms with van der Waals surface area (Å²) in [5.74, 6) is -0.248. The smallest absolute Gasteiger partial charge is 0.167 e. The largest absolute Gasteiger partial charge is 0.494 e. The van der Waals surface area contributed by atoms with Crippen molar-refractivity contribution in [2.45, 2.75) is 33.7 Å². The first-order valence-corrected chi connectivity index (χ1v) is 5.65. The molecule has 0 aliphatic heterocycles. The highest BCUT2D eigenvalue weighted by molar-refractivity contribution is 5.69. The Balaban J connectivity index is 2.99. The minimum Gasteiger partial charge on any atom is -0.494 e. The Bertz CT molecular complexity index is 399. The number of benzene rings is 1. The van der Waals surface area contributed by atoms with Crippen molar-refractivity contribution in [3.63, 3.8) is 0 Å². The van der Waals surface area contributed by atoms with Crippen molar-refractivity contribution in [2.75, 3.05) is 18.2 Å². The molecule has 1 atom stereocenters. The Morgan fingerprint density at radius 1 is 1.35 bits per heavy atom. The third-order valence-corrected chi connectivity index (χ3v) is 3.00. The molecule has 0 bridgehead atoms. The molecule has 0 spiro atoms. The quantitative estimate of drug-likeness (QED) is 0.797. The molecule has 0 fully saturated rings. The molecule has 0 saturated heterocycles. The summed E-state index contributed by atoms with van der Waals surface area (Å²) in [6.07, 6.45) is 0. The average Bonchev–Trinajstić information content (AvgIpc) is 2.20. The van der Waals surface area contributed by atoms with E-state index in [2.05, 4.69) is 33.0 Å². The van der Waals surface area contributed by atoms with Gasteiger partial charge < -0.3 is 15.8 Å². The van der Waals surface area contributed by atoms with Gasteiger partial charge in [-0.25, -0.2) is 4.39 Å². The zero-order valence-electron chi connectivity index (χ0n) is 11.1. The van der Waals surface area contributed by atoms with Gasteiger partial charge in [0.2, 0.25) is 0 Å². The number of nitrogens with two attached hydrogens (primary N) is 1. The van der Waals surface area contributed by atoms with E-state index in [0.29, 0.717) is 11.4 Å². The molecule has 1 rings (SSSR count). The molecule has 17 heavy (non-hydrogen) atoms. The van der Waals surface area contributed by atoms with Crippen LogP contribution in [0.25, 0.3) is 0 Å². The second kappa shape index (κ2) is 4.82. The van der Waals surface area contributed by atoms with Crippen LogP contribution in [0.1, 0.15) is 27.7 Å². The van der Waals surface area contributed by atoms with Crippen LogP contribution in [-0.2, 0) is 0 Å². The Morgan fingerprint density at radius 2 is 1.94 bits per heavy atom. The molecule has 1 aromatic carbocycles. The number of anilines is 2. The molecule has 1 aromatic rings. The standard InChI is InChI=1S/C13H21FN2O/c1-8(13(2,3)4)16-11-7-12(17-5)9(14)6-10(11)15/h6-8,16H,15H2,1-5H3. The van der Waals surface area contributed by atoms with E-state index in [9.17, 15) is 4.39 Å². The van der Waals surface area contributed by atoms with Crippen LogP contribution in [0.4, 0.5) is 15.8 Å². The van der Waals surface area contributed by atoms with Gasteiger partial charge >= 0.3 is 0 Å². The predicted octanol–water partition coefficient (Wildman–Crippen LogP) is 3.26. The van der Waals surface area contributed by atoms with Crippen LogP contribution in [0.5, 0.6) is 5.75 Å². The zero-order chi connectivity index (χ0) is 13.2. The molecule has 96 valence electrons. The van der Waals surface area contributed by atoms with Gasteiger partial charge in [-0.3, -0.25) is 0 Å². The number of nitrogen functional groups attached to an aromatic ring is 1. The minimum absolute atomic E-state index is 0.0913. The van der Waals surface area contributed by atoms with E-state index >= 15 is 0 Å². The van der Waals surface area contributed by atoms with Gasteiger partial charge in [0.1, 0.15) is 0 Å². The summed E-state index contributed by atoms with van der Waals surface area (Å²) in [6, 6.07) is 3.07. The van der Waals surface area contributed by atoms with Crippen molar-refractivity contribution < 1.29 is 9.13 Å². The lowest BCUT2D eigenvalue weighted by Crippen LogP contribution is -2.31. The molecule has 3 N–H and O–H groups in total. The van der Waals surface area contributed by atoms with Crippen molar-refractivity contribution in [1.29, 1.82) is 0 Å². The minimum atomic E-state index is -0.445. The van der Waals surface area contributed by atoms with E-state index < -0.39 is 5.82 Å². The van der Waals surface area contributed by atoms with Crippen LogP contribution in [-0.4, -0.2) is 13.2 Å². The first kappa shape index (κ1) is 13.6. The fraction of sp³-hybridized carbons (Fsp3) is 0.538. The molecule has 0 aromatic heterocycles. The van der Waals surface area contributed by atoms with E-state index in [0.717, 1.165) is 0 Å². The number of ether oxygens (including phenoxy) is 1. The van der Waals surface area contributed by atoms with Crippen LogP contribution < -0.4 is 15.8 Å². The van der Waals surface area contributed by atoms with Gasteiger partial charge in [-0.1, -0.05) is 20.8 Å². The van der Waals surface area contributed by atoms with Gasteiger partial charge in [0, 0.05) is 18.2 Å². The molecule has 0 saturated carbocycles. The Kier molecular flexibility index (Phi) is 3.86. The first-order valence-electron chi connectivity index (χ1n) is 5.65. The number of halogens is 1. The monoisotopic (exact) mass is 240 g/mol. The van der Waals surface area contributed by atoms with Crippen molar-refractivity contribution in [3.8, 4) is 5.75 Å². The van der Waals surface area contributed by atoms with Gasteiger partial charge in [-0.15, -0.1) is 0 Å². The van der Waals surface area contributed by atoms with Gasteiger partial charge in [-0.2, -0.15) is 0 Å². The van der Waals surface area contributed by atoms with Gasteiger partial charge in [0.15, 0.2) is 11.6 Å². The maximum absolute atomic E-state index is 13.4. The first-order chi connectivity index (χ1) is 7.75. The lowest BCUT2D eigenvalue weighted by molar-refractivity contribution is 0.359. The Hall–Kier alpha value is -1.45. The van der Waals surface area contributed by atoms with Crippen molar-refractivity contribution in [3.05, 3.63) is 17.9 Å². The molecule has 0 aliphatic carbocycles. The molecular formula is C13H21FN2O. The number of nitrogens with one attached hydrogen (secondary N) is 1.